The lowest BCUT2D eigenvalue weighted by Gasteiger charge is -2.20. The Bertz CT molecular complexity index is 1890. The number of hydrogen-bond acceptors (Lipinski definition) is 6. The van der Waals surface area contributed by atoms with Crippen molar-refractivity contribution >= 4 is 83.3 Å². The predicted octanol–water partition coefficient (Wildman–Crippen LogP) is 20.0. The van der Waals surface area contributed by atoms with Crippen LogP contribution in [0.15, 0.2) is 41.3 Å². The molecule has 0 aromatic heterocycles. The molecule has 0 heterocycles. The van der Waals surface area contributed by atoms with Gasteiger partial charge in [0, 0.05) is 0 Å². The first-order valence-electron chi connectivity index (χ1n) is 26.6. The average molecular weight is 1010 g/mol. The first-order valence-corrected chi connectivity index (χ1v) is 32.9. The zero-order valence-corrected chi connectivity index (χ0v) is 46.0. The smallest absolute Gasteiger partial charge is 0.341 e. The third kappa shape index (κ3) is 20.6. The molecule has 10 heteroatoms. The van der Waals surface area contributed by atoms with Gasteiger partial charge in [0.2, 0.25) is 0 Å². The van der Waals surface area contributed by atoms with E-state index in [2.05, 4.69) is 71.0 Å². The summed E-state index contributed by atoms with van der Waals surface area (Å²) in [6.07, 6.45) is 31.4. The molecule has 0 N–H and O–H groups in total. The molecule has 0 saturated heterocycles. The maximum Gasteiger partial charge on any atom is 0.341 e. The Kier molecular flexibility index (Phi) is 28.9. The lowest BCUT2D eigenvalue weighted by atomic mass is 9.93. The van der Waals surface area contributed by atoms with Crippen LogP contribution in [-0.2, 0) is 0 Å². The van der Waals surface area contributed by atoms with Crippen LogP contribution in [0, 0.1) is 0 Å². The first-order chi connectivity index (χ1) is 32.2. The highest BCUT2D eigenvalue weighted by molar-refractivity contribution is 7.99. The minimum absolute atomic E-state index is 0.654. The van der Waals surface area contributed by atoms with Crippen molar-refractivity contribution < 1.29 is 23.7 Å². The quantitative estimate of drug-likeness (QED) is 0.0145. The molecule has 372 valence electrons. The molecule has 0 amide bonds. The molecule has 0 atom stereocenters. The monoisotopic (exact) mass is 1000 g/mol. The van der Waals surface area contributed by atoms with Crippen LogP contribution in [0.25, 0.3) is 32.3 Å². The van der Waals surface area contributed by atoms with E-state index >= 15 is 0 Å². The van der Waals surface area contributed by atoms with Gasteiger partial charge < -0.3 is 23.7 Å². The van der Waals surface area contributed by atoms with Crippen LogP contribution in [-0.4, -0.2) is 44.8 Å². The largest absolute Gasteiger partial charge is 0.492 e. The highest BCUT2D eigenvalue weighted by atomic mass is 35.8. The van der Waals surface area contributed by atoms with Crippen molar-refractivity contribution in [1.82, 2.24) is 0 Å². The van der Waals surface area contributed by atoms with E-state index in [1.54, 1.807) is 0 Å². The first kappa shape index (κ1) is 56.7. The molecule has 4 aromatic carbocycles. The third-order valence-electron chi connectivity index (χ3n) is 12.5. The Balaban J connectivity index is 1.49. The summed E-state index contributed by atoms with van der Waals surface area (Å²) >= 11 is 19.9. The van der Waals surface area contributed by atoms with E-state index in [4.69, 9.17) is 56.9 Å². The molecule has 0 fully saturated rings. The van der Waals surface area contributed by atoms with E-state index < -0.39 is 6.00 Å². The van der Waals surface area contributed by atoms with Crippen LogP contribution in [0.4, 0.5) is 0 Å². The number of ether oxygens (including phenoxy) is 5. The van der Waals surface area contributed by atoms with Crippen molar-refractivity contribution in [3.8, 4) is 28.7 Å². The van der Waals surface area contributed by atoms with Crippen molar-refractivity contribution in [2.75, 3.05) is 38.8 Å². The minimum Gasteiger partial charge on any atom is -0.492 e. The number of unbranched alkanes of at least 4 members (excludes halogenated alkanes) is 20. The van der Waals surface area contributed by atoms with Gasteiger partial charge in [-0.15, -0.1) is 45.0 Å². The molecule has 0 bridgehead atoms. The van der Waals surface area contributed by atoms with Crippen molar-refractivity contribution in [2.45, 2.75) is 212 Å². The highest BCUT2D eigenvalue weighted by Crippen LogP contribution is 2.47. The summed E-state index contributed by atoms with van der Waals surface area (Å²) in [6.45, 7) is 14.4. The number of benzene rings is 4. The maximum atomic E-state index is 6.67. The summed E-state index contributed by atoms with van der Waals surface area (Å²) < 4.78 is 32.7. The third-order valence-corrected chi connectivity index (χ3v) is 16.3. The fourth-order valence-corrected chi connectivity index (χ4v) is 11.3. The van der Waals surface area contributed by atoms with Crippen molar-refractivity contribution in [3.63, 3.8) is 0 Å². The molecule has 0 aliphatic carbocycles. The van der Waals surface area contributed by atoms with Crippen LogP contribution in [0.3, 0.4) is 0 Å². The van der Waals surface area contributed by atoms with E-state index in [-0.39, 0.29) is 0 Å². The zero-order chi connectivity index (χ0) is 47.2. The SMILES string of the molecule is CCCCOc1cc2c3cc(OCCCC)c(OCCCC)cc3c3cc(SCCCCCCCCCCCCCCCCCC[Si](Cl)(Cl)Cl)c(OCCCC)cc3c2cc1OCCCC. The van der Waals surface area contributed by atoms with E-state index in [9.17, 15) is 0 Å². The van der Waals surface area contributed by atoms with Gasteiger partial charge in [0.25, 0.3) is 0 Å². The van der Waals surface area contributed by atoms with Gasteiger partial charge >= 0.3 is 6.00 Å². The van der Waals surface area contributed by atoms with Gasteiger partial charge in [-0.2, -0.15) is 0 Å². The van der Waals surface area contributed by atoms with Crippen LogP contribution < -0.4 is 23.7 Å². The Morgan fingerprint density at radius 3 is 0.894 bits per heavy atom. The minimum atomic E-state index is -2.42. The maximum absolute atomic E-state index is 6.67. The van der Waals surface area contributed by atoms with Gasteiger partial charge in [0.1, 0.15) is 5.75 Å². The molecular formula is C56H87Cl3O5SSi. The molecule has 0 saturated carbocycles. The van der Waals surface area contributed by atoms with Gasteiger partial charge in [-0.1, -0.05) is 163 Å². The molecule has 4 rings (SSSR count). The molecule has 0 aliphatic heterocycles. The Morgan fingerprint density at radius 1 is 0.333 bits per heavy atom. The normalized spacial score (nSPS) is 11.9. The van der Waals surface area contributed by atoms with Crippen LogP contribution in [0.5, 0.6) is 28.7 Å². The van der Waals surface area contributed by atoms with Crippen LogP contribution >= 0.6 is 45.0 Å². The van der Waals surface area contributed by atoms with Gasteiger partial charge in [0.05, 0.1) is 37.9 Å². The highest BCUT2D eigenvalue weighted by Gasteiger charge is 2.24. The molecule has 0 radical (unpaired) electrons. The van der Waals surface area contributed by atoms with E-state index in [1.165, 1.54) is 107 Å². The molecule has 0 aliphatic rings. The standard InChI is InChI=1S/C56H87Cl3O5SSi/c1-6-11-32-60-51-39-45-46-40-52(61-33-12-7-2)54(63-35-14-9-4)42-48(46)50-44-56(55(64-36-15-10-5)43-49(50)47(45)41-53(51)62-34-13-8-3)65-37-30-28-26-24-22-20-18-16-17-19-21-23-25-27-29-31-38-66(57,58)59/h39-44H,6-38H2,1-5H3. The number of rotatable bonds is 40. The van der Waals surface area contributed by atoms with Crippen molar-refractivity contribution in [2.24, 2.45) is 0 Å². The van der Waals surface area contributed by atoms with Crippen LogP contribution in [0.2, 0.25) is 6.04 Å². The number of halogens is 3. The zero-order valence-electron chi connectivity index (χ0n) is 41.9. The summed E-state index contributed by atoms with van der Waals surface area (Å²) in [5.74, 6) is 5.30. The lowest BCUT2D eigenvalue weighted by molar-refractivity contribution is 0.262. The summed E-state index contributed by atoms with van der Waals surface area (Å²) in [6, 6.07) is 12.0. The fraction of sp³-hybridized carbons (Fsp3) is 0.679. The fourth-order valence-electron chi connectivity index (χ4n) is 8.41. The number of fused-ring (bicyclic) bond motifs is 6. The lowest BCUT2D eigenvalue weighted by Crippen LogP contribution is -2.07. The van der Waals surface area contributed by atoms with E-state index in [0.29, 0.717) is 33.0 Å². The van der Waals surface area contributed by atoms with Crippen molar-refractivity contribution in [3.05, 3.63) is 36.4 Å². The van der Waals surface area contributed by atoms with Gasteiger partial charge in [0.15, 0.2) is 23.0 Å². The van der Waals surface area contributed by atoms with E-state index in [0.717, 1.165) is 138 Å². The van der Waals surface area contributed by atoms with Gasteiger partial charge in [-0.05, 0) is 119 Å². The van der Waals surface area contributed by atoms with Gasteiger partial charge in [-0.25, -0.2) is 0 Å². The molecule has 4 aromatic rings. The topological polar surface area (TPSA) is 46.2 Å². The Labute approximate surface area is 420 Å². The Morgan fingerprint density at radius 2 is 0.591 bits per heavy atom. The second-order valence-electron chi connectivity index (χ2n) is 18.4. The number of hydrogen-bond donors (Lipinski definition) is 0. The molecular weight excluding hydrogens is 919 g/mol. The Hall–Kier alpha value is -1.90. The predicted molar refractivity (Wildman–Crippen MR) is 294 cm³/mol. The summed E-state index contributed by atoms with van der Waals surface area (Å²) in [5.41, 5.74) is 0. The summed E-state index contributed by atoms with van der Waals surface area (Å²) in [7, 11) is 0. The average Bonchev–Trinajstić information content (AvgIpc) is 3.30. The molecule has 5 nitrogen and oxygen atoms in total. The second kappa shape index (κ2) is 33.6. The van der Waals surface area contributed by atoms with Gasteiger partial charge in [-0.3, -0.25) is 0 Å². The molecule has 0 unspecified atom stereocenters. The summed E-state index contributed by atoms with van der Waals surface area (Å²) in [5, 5.41) is 6.94. The second-order valence-corrected chi connectivity index (χ2v) is 28.8. The van der Waals surface area contributed by atoms with E-state index in [1.807, 2.05) is 11.8 Å². The summed E-state index contributed by atoms with van der Waals surface area (Å²) in [4.78, 5) is 1.22. The molecule has 0 spiro atoms. The van der Waals surface area contributed by atoms with Crippen molar-refractivity contribution in [1.29, 1.82) is 0 Å². The van der Waals surface area contributed by atoms with Crippen LogP contribution in [0.1, 0.15) is 202 Å². The molecule has 66 heavy (non-hydrogen) atoms. The number of thioether (sulfide) groups is 1.